The quantitative estimate of drug-likeness (QED) is 0.600. The van der Waals surface area contributed by atoms with Crippen LogP contribution in [-0.2, 0) is 10.0 Å². The highest BCUT2D eigenvalue weighted by Gasteiger charge is 2.13. The highest BCUT2D eigenvalue weighted by molar-refractivity contribution is 7.89. The van der Waals surface area contributed by atoms with E-state index in [1.165, 1.54) is 18.3 Å². The van der Waals surface area contributed by atoms with Crippen molar-refractivity contribution < 1.29 is 13.2 Å². The zero-order valence-electron chi connectivity index (χ0n) is 13.0. The van der Waals surface area contributed by atoms with Gasteiger partial charge in [0.1, 0.15) is 5.75 Å². The second kappa shape index (κ2) is 7.88. The predicted octanol–water partition coefficient (Wildman–Crippen LogP) is 4.09. The Hall–Kier alpha value is -1.76. The van der Waals surface area contributed by atoms with Crippen molar-refractivity contribution in [3.63, 3.8) is 0 Å². The van der Waals surface area contributed by atoms with Crippen molar-refractivity contribution in [1.29, 1.82) is 0 Å². The number of hydrazone groups is 1. The lowest BCUT2D eigenvalue weighted by molar-refractivity contribution is 0.242. The van der Waals surface area contributed by atoms with Gasteiger partial charge in [-0.05, 0) is 50.2 Å². The number of ether oxygens (including phenoxy) is 1. The molecule has 0 saturated heterocycles. The molecule has 0 bridgehead atoms. The number of rotatable bonds is 6. The van der Waals surface area contributed by atoms with Crippen LogP contribution in [-0.4, -0.2) is 20.7 Å². The van der Waals surface area contributed by atoms with E-state index < -0.39 is 10.0 Å². The van der Waals surface area contributed by atoms with E-state index in [1.54, 1.807) is 30.3 Å². The van der Waals surface area contributed by atoms with Crippen molar-refractivity contribution in [2.24, 2.45) is 5.10 Å². The van der Waals surface area contributed by atoms with Gasteiger partial charge in [0.15, 0.2) is 0 Å². The minimum Gasteiger partial charge on any atom is -0.491 e. The summed E-state index contributed by atoms with van der Waals surface area (Å²) in [6, 6.07) is 11.0. The van der Waals surface area contributed by atoms with E-state index in [0.717, 1.165) is 0 Å². The molecular weight excluding hydrogens is 371 g/mol. The topological polar surface area (TPSA) is 67.8 Å². The summed E-state index contributed by atoms with van der Waals surface area (Å²) in [5.41, 5.74) is 0.434. The van der Waals surface area contributed by atoms with Gasteiger partial charge in [0.05, 0.1) is 27.3 Å². The first-order chi connectivity index (χ1) is 11.3. The maximum absolute atomic E-state index is 12.2. The molecule has 0 spiro atoms. The molecule has 128 valence electrons. The van der Waals surface area contributed by atoms with Gasteiger partial charge in [-0.25, -0.2) is 4.83 Å². The molecule has 0 heterocycles. The smallest absolute Gasteiger partial charge is 0.276 e. The normalized spacial score (nSPS) is 11.9. The third-order valence-corrected chi connectivity index (χ3v) is 4.77. The zero-order valence-corrected chi connectivity index (χ0v) is 15.4. The lowest BCUT2D eigenvalue weighted by atomic mass is 10.2. The van der Waals surface area contributed by atoms with Gasteiger partial charge >= 0.3 is 0 Å². The number of sulfonamides is 1. The summed E-state index contributed by atoms with van der Waals surface area (Å²) in [4.78, 5) is 2.19. The van der Waals surface area contributed by atoms with E-state index in [2.05, 4.69) is 9.93 Å². The van der Waals surface area contributed by atoms with Crippen LogP contribution in [0.4, 0.5) is 0 Å². The Bertz CT molecular complexity index is 815. The number of hydrogen-bond acceptors (Lipinski definition) is 4. The summed E-state index contributed by atoms with van der Waals surface area (Å²) in [5, 5.41) is 4.47. The molecular formula is C16H16Cl2N2O3S. The molecule has 5 nitrogen and oxygen atoms in total. The summed E-state index contributed by atoms with van der Waals surface area (Å²) in [6.07, 6.45) is 1.27. The number of hydrogen-bond donors (Lipinski definition) is 1. The number of halogens is 2. The van der Waals surface area contributed by atoms with Crippen LogP contribution < -0.4 is 9.57 Å². The maximum atomic E-state index is 12.2. The maximum Gasteiger partial charge on any atom is 0.276 e. The molecule has 0 radical (unpaired) electrons. The first-order valence-electron chi connectivity index (χ1n) is 7.05. The lowest BCUT2D eigenvalue weighted by Gasteiger charge is -2.10. The van der Waals surface area contributed by atoms with Crippen LogP contribution in [0.5, 0.6) is 5.75 Å². The standard InChI is InChI=1S/C16H16Cl2N2O3S/c1-11(2)23-12-6-8-13(9-7-12)24(21,22)20-19-10-14-15(17)4-3-5-16(14)18/h3-11,20H,1-2H3/b19-10+. The Balaban J connectivity index is 2.12. The first kappa shape index (κ1) is 18.6. The van der Waals surface area contributed by atoms with Crippen LogP contribution in [0.2, 0.25) is 10.0 Å². The second-order valence-corrected chi connectivity index (χ2v) is 7.60. The highest BCUT2D eigenvalue weighted by atomic mass is 35.5. The molecule has 2 rings (SSSR count). The SMILES string of the molecule is CC(C)Oc1ccc(S(=O)(=O)N/N=C/c2c(Cl)cccc2Cl)cc1. The largest absolute Gasteiger partial charge is 0.491 e. The molecule has 0 fully saturated rings. The van der Waals surface area contributed by atoms with Gasteiger partial charge < -0.3 is 4.74 Å². The number of nitrogens with zero attached hydrogens (tertiary/aromatic N) is 1. The Kier molecular flexibility index (Phi) is 6.10. The van der Waals surface area contributed by atoms with Gasteiger partial charge in [0, 0.05) is 5.56 Å². The molecule has 8 heteroatoms. The average molecular weight is 387 g/mol. The average Bonchev–Trinajstić information content (AvgIpc) is 2.50. The Labute approximate surface area is 151 Å². The Morgan fingerprint density at radius 2 is 1.67 bits per heavy atom. The molecule has 0 aliphatic heterocycles. The van der Waals surface area contributed by atoms with E-state index >= 15 is 0 Å². The third kappa shape index (κ3) is 4.87. The molecule has 0 aliphatic rings. The van der Waals surface area contributed by atoms with Crippen LogP contribution in [0.25, 0.3) is 0 Å². The van der Waals surface area contributed by atoms with Gasteiger partial charge in [0.25, 0.3) is 10.0 Å². The van der Waals surface area contributed by atoms with Gasteiger partial charge in [-0.2, -0.15) is 13.5 Å². The van der Waals surface area contributed by atoms with Crippen molar-refractivity contribution in [2.45, 2.75) is 24.8 Å². The third-order valence-electron chi connectivity index (χ3n) is 2.87. The van der Waals surface area contributed by atoms with Crippen LogP contribution >= 0.6 is 23.2 Å². The van der Waals surface area contributed by atoms with Crippen molar-refractivity contribution in [2.75, 3.05) is 0 Å². The molecule has 2 aromatic carbocycles. The fourth-order valence-electron chi connectivity index (χ4n) is 1.82. The second-order valence-electron chi connectivity index (χ2n) is 5.13. The first-order valence-corrected chi connectivity index (χ1v) is 9.29. The number of nitrogens with one attached hydrogen (secondary N) is 1. The molecule has 0 atom stereocenters. The van der Waals surface area contributed by atoms with Crippen molar-refractivity contribution in [3.8, 4) is 5.75 Å². The molecule has 0 saturated carbocycles. The number of benzene rings is 2. The van der Waals surface area contributed by atoms with E-state index in [1.807, 2.05) is 13.8 Å². The van der Waals surface area contributed by atoms with E-state index in [0.29, 0.717) is 21.4 Å². The summed E-state index contributed by atoms with van der Waals surface area (Å²) in [7, 11) is -3.79. The molecule has 0 aromatic heterocycles. The van der Waals surface area contributed by atoms with Crippen LogP contribution in [0, 0.1) is 0 Å². The van der Waals surface area contributed by atoms with Crippen molar-refractivity contribution in [1.82, 2.24) is 4.83 Å². The molecule has 0 aliphatic carbocycles. The zero-order chi connectivity index (χ0) is 17.7. The van der Waals surface area contributed by atoms with Crippen LogP contribution in [0.3, 0.4) is 0 Å². The molecule has 0 amide bonds. The van der Waals surface area contributed by atoms with Crippen LogP contribution in [0.15, 0.2) is 52.5 Å². The van der Waals surface area contributed by atoms with Crippen LogP contribution in [0.1, 0.15) is 19.4 Å². The summed E-state index contributed by atoms with van der Waals surface area (Å²) in [6.45, 7) is 3.78. The van der Waals surface area contributed by atoms with Crippen molar-refractivity contribution >= 4 is 39.4 Å². The Morgan fingerprint density at radius 1 is 1.08 bits per heavy atom. The minimum atomic E-state index is -3.79. The fourth-order valence-corrected chi connectivity index (χ4v) is 3.10. The summed E-state index contributed by atoms with van der Waals surface area (Å²) < 4.78 is 29.9. The minimum absolute atomic E-state index is 0.00977. The van der Waals surface area contributed by atoms with Gasteiger partial charge in [0.2, 0.25) is 0 Å². The highest BCUT2D eigenvalue weighted by Crippen LogP contribution is 2.22. The van der Waals surface area contributed by atoms with Crippen molar-refractivity contribution in [3.05, 3.63) is 58.1 Å². The summed E-state index contributed by atoms with van der Waals surface area (Å²) in [5.74, 6) is 0.593. The van der Waals surface area contributed by atoms with E-state index in [9.17, 15) is 8.42 Å². The van der Waals surface area contributed by atoms with Gasteiger partial charge in [-0.3, -0.25) is 0 Å². The predicted molar refractivity (Wildman–Crippen MR) is 96.6 cm³/mol. The fraction of sp³-hybridized carbons (Fsp3) is 0.188. The molecule has 2 aromatic rings. The lowest BCUT2D eigenvalue weighted by Crippen LogP contribution is -2.18. The van der Waals surface area contributed by atoms with E-state index in [4.69, 9.17) is 27.9 Å². The van der Waals surface area contributed by atoms with Gasteiger partial charge in [-0.1, -0.05) is 29.3 Å². The monoisotopic (exact) mass is 386 g/mol. The summed E-state index contributed by atoms with van der Waals surface area (Å²) >= 11 is 12.0. The molecule has 0 unspecified atom stereocenters. The van der Waals surface area contributed by atoms with E-state index in [-0.39, 0.29) is 11.0 Å². The van der Waals surface area contributed by atoms with Gasteiger partial charge in [-0.15, -0.1) is 0 Å². The molecule has 24 heavy (non-hydrogen) atoms. The Morgan fingerprint density at radius 3 is 2.21 bits per heavy atom. The molecule has 1 N–H and O–H groups in total.